The Morgan fingerprint density at radius 3 is 2.50 bits per heavy atom. The van der Waals surface area contributed by atoms with Gasteiger partial charge in [-0.2, -0.15) is 0 Å². The lowest BCUT2D eigenvalue weighted by atomic mass is 10.1. The standard InChI is InChI=1S/C10H15FO/c1-9(6-7-12)4-3-5-10(2)8-11/h4,7-8H,3,5-6H2,1-2H3/b9-4+,10-8-. The Balaban J connectivity index is 3.66. The van der Waals surface area contributed by atoms with Crippen LogP contribution < -0.4 is 0 Å². The molecule has 0 N–H and O–H groups in total. The van der Waals surface area contributed by atoms with E-state index in [0.29, 0.717) is 12.8 Å². The Labute approximate surface area is 73.0 Å². The lowest BCUT2D eigenvalue weighted by Crippen LogP contribution is -1.80. The average Bonchev–Trinajstić information content (AvgIpc) is 2.04. The predicted molar refractivity (Wildman–Crippen MR) is 48.5 cm³/mol. The molecule has 0 bridgehead atoms. The van der Waals surface area contributed by atoms with Crippen LogP contribution in [-0.4, -0.2) is 6.29 Å². The highest BCUT2D eigenvalue weighted by Crippen LogP contribution is 2.07. The van der Waals surface area contributed by atoms with E-state index in [9.17, 15) is 9.18 Å². The van der Waals surface area contributed by atoms with Crippen LogP contribution in [0.1, 0.15) is 33.1 Å². The van der Waals surface area contributed by atoms with E-state index in [2.05, 4.69) is 0 Å². The molecule has 12 heavy (non-hydrogen) atoms. The van der Waals surface area contributed by atoms with E-state index in [4.69, 9.17) is 0 Å². The van der Waals surface area contributed by atoms with E-state index in [-0.39, 0.29) is 0 Å². The normalized spacial score (nSPS) is 13.2. The van der Waals surface area contributed by atoms with Gasteiger partial charge in [0.1, 0.15) is 6.29 Å². The summed E-state index contributed by atoms with van der Waals surface area (Å²) in [6.07, 6.45) is 5.50. The first kappa shape index (κ1) is 11.1. The number of hydrogen-bond acceptors (Lipinski definition) is 1. The Morgan fingerprint density at radius 2 is 2.00 bits per heavy atom. The quantitative estimate of drug-likeness (QED) is 0.457. The molecule has 0 aliphatic carbocycles. The van der Waals surface area contributed by atoms with Crippen LogP contribution in [0.2, 0.25) is 0 Å². The van der Waals surface area contributed by atoms with Gasteiger partial charge in [-0.3, -0.25) is 0 Å². The molecular formula is C10H15FO. The first-order chi connectivity index (χ1) is 5.70. The second kappa shape index (κ2) is 6.77. The van der Waals surface area contributed by atoms with Crippen LogP contribution in [0.25, 0.3) is 0 Å². The summed E-state index contributed by atoms with van der Waals surface area (Å²) in [6, 6.07) is 0. The van der Waals surface area contributed by atoms with Gasteiger partial charge in [0.05, 0.1) is 6.33 Å². The summed E-state index contributed by atoms with van der Waals surface area (Å²) in [5.74, 6) is 0. The molecule has 0 saturated carbocycles. The largest absolute Gasteiger partial charge is 0.303 e. The van der Waals surface area contributed by atoms with Crippen LogP contribution in [0.3, 0.4) is 0 Å². The van der Waals surface area contributed by atoms with Crippen molar-refractivity contribution in [1.29, 1.82) is 0 Å². The van der Waals surface area contributed by atoms with Crippen molar-refractivity contribution in [3.05, 3.63) is 23.6 Å². The van der Waals surface area contributed by atoms with E-state index in [0.717, 1.165) is 30.3 Å². The van der Waals surface area contributed by atoms with Crippen LogP contribution in [-0.2, 0) is 4.79 Å². The van der Waals surface area contributed by atoms with Crippen molar-refractivity contribution in [3.8, 4) is 0 Å². The number of aldehydes is 1. The van der Waals surface area contributed by atoms with Gasteiger partial charge in [0.15, 0.2) is 0 Å². The zero-order chi connectivity index (χ0) is 9.40. The van der Waals surface area contributed by atoms with Gasteiger partial charge >= 0.3 is 0 Å². The maximum atomic E-state index is 11.8. The SMILES string of the molecule is C/C(=C/F)CC/C=C(\C)CC=O. The summed E-state index contributed by atoms with van der Waals surface area (Å²) in [5.41, 5.74) is 1.79. The third-order valence-electron chi connectivity index (χ3n) is 1.62. The summed E-state index contributed by atoms with van der Waals surface area (Å²) in [4.78, 5) is 10.1. The molecule has 0 fully saturated rings. The van der Waals surface area contributed by atoms with E-state index in [1.807, 2.05) is 13.0 Å². The highest BCUT2D eigenvalue weighted by atomic mass is 19.1. The van der Waals surface area contributed by atoms with E-state index in [1.54, 1.807) is 6.92 Å². The molecule has 0 unspecified atom stereocenters. The van der Waals surface area contributed by atoms with Crippen molar-refractivity contribution in [1.82, 2.24) is 0 Å². The van der Waals surface area contributed by atoms with Crippen LogP contribution in [0.4, 0.5) is 4.39 Å². The van der Waals surface area contributed by atoms with Crippen molar-refractivity contribution in [2.24, 2.45) is 0 Å². The summed E-state index contributed by atoms with van der Waals surface area (Å²) in [6.45, 7) is 3.66. The van der Waals surface area contributed by atoms with E-state index in [1.165, 1.54) is 0 Å². The molecule has 0 atom stereocenters. The fourth-order valence-electron chi connectivity index (χ4n) is 0.816. The Morgan fingerprint density at radius 1 is 1.33 bits per heavy atom. The predicted octanol–water partition coefficient (Wildman–Crippen LogP) is 3.18. The minimum absolute atomic E-state index is 0.485. The monoisotopic (exact) mass is 170 g/mol. The molecule has 2 heteroatoms. The molecule has 68 valence electrons. The lowest BCUT2D eigenvalue weighted by Gasteiger charge is -1.95. The average molecular weight is 170 g/mol. The van der Waals surface area contributed by atoms with Gasteiger partial charge in [-0.1, -0.05) is 11.6 Å². The number of rotatable bonds is 5. The van der Waals surface area contributed by atoms with Crippen molar-refractivity contribution < 1.29 is 9.18 Å². The molecule has 0 spiro atoms. The highest BCUT2D eigenvalue weighted by Gasteiger charge is 1.89. The minimum Gasteiger partial charge on any atom is -0.303 e. The van der Waals surface area contributed by atoms with Gasteiger partial charge in [-0.25, -0.2) is 4.39 Å². The summed E-state index contributed by atoms with van der Waals surface area (Å²) >= 11 is 0. The van der Waals surface area contributed by atoms with Gasteiger partial charge in [-0.15, -0.1) is 0 Å². The molecular weight excluding hydrogens is 155 g/mol. The highest BCUT2D eigenvalue weighted by molar-refractivity contribution is 5.53. The number of allylic oxidation sites excluding steroid dienone is 3. The lowest BCUT2D eigenvalue weighted by molar-refractivity contribution is -0.107. The first-order valence-corrected chi connectivity index (χ1v) is 4.05. The Bertz CT molecular complexity index is 192. The van der Waals surface area contributed by atoms with Gasteiger partial charge in [0.2, 0.25) is 0 Å². The van der Waals surface area contributed by atoms with Gasteiger partial charge in [0.25, 0.3) is 0 Å². The fourth-order valence-corrected chi connectivity index (χ4v) is 0.816. The second-order valence-electron chi connectivity index (χ2n) is 2.92. The van der Waals surface area contributed by atoms with Gasteiger partial charge in [-0.05, 0) is 32.3 Å². The van der Waals surface area contributed by atoms with Crippen LogP contribution in [0.5, 0.6) is 0 Å². The molecule has 0 aliphatic rings. The van der Waals surface area contributed by atoms with Crippen LogP contribution >= 0.6 is 0 Å². The maximum absolute atomic E-state index is 11.8. The van der Waals surface area contributed by atoms with E-state index < -0.39 is 0 Å². The molecule has 0 aromatic rings. The van der Waals surface area contributed by atoms with Crippen LogP contribution in [0, 0.1) is 0 Å². The van der Waals surface area contributed by atoms with Crippen molar-refractivity contribution in [2.75, 3.05) is 0 Å². The molecule has 0 heterocycles. The third kappa shape index (κ3) is 5.83. The topological polar surface area (TPSA) is 17.1 Å². The van der Waals surface area contributed by atoms with Crippen LogP contribution in [0.15, 0.2) is 23.6 Å². The van der Waals surface area contributed by atoms with Crippen molar-refractivity contribution >= 4 is 6.29 Å². The number of carbonyl (C=O) groups is 1. The molecule has 0 amide bonds. The third-order valence-corrected chi connectivity index (χ3v) is 1.62. The Kier molecular flexibility index (Phi) is 6.25. The smallest absolute Gasteiger partial charge is 0.124 e. The number of carbonyl (C=O) groups excluding carboxylic acids is 1. The van der Waals surface area contributed by atoms with Gasteiger partial charge < -0.3 is 4.79 Å². The minimum atomic E-state index is 0.485. The maximum Gasteiger partial charge on any atom is 0.124 e. The Hall–Kier alpha value is -0.920. The first-order valence-electron chi connectivity index (χ1n) is 4.05. The molecule has 1 nitrogen and oxygen atoms in total. The summed E-state index contributed by atoms with van der Waals surface area (Å²) in [7, 11) is 0. The van der Waals surface area contributed by atoms with E-state index >= 15 is 0 Å². The summed E-state index contributed by atoms with van der Waals surface area (Å²) in [5, 5.41) is 0. The zero-order valence-electron chi connectivity index (χ0n) is 7.64. The molecule has 0 saturated heterocycles. The second-order valence-corrected chi connectivity index (χ2v) is 2.92. The number of halogens is 1. The molecule has 0 aliphatic heterocycles. The fraction of sp³-hybridized carbons (Fsp3) is 0.500. The zero-order valence-corrected chi connectivity index (χ0v) is 7.64. The van der Waals surface area contributed by atoms with Crippen molar-refractivity contribution in [3.63, 3.8) is 0 Å². The molecule has 0 aromatic heterocycles. The molecule has 0 radical (unpaired) electrons. The molecule has 0 aromatic carbocycles. The molecule has 0 rings (SSSR count). The number of hydrogen-bond donors (Lipinski definition) is 0. The van der Waals surface area contributed by atoms with Crippen molar-refractivity contribution in [2.45, 2.75) is 33.1 Å². The summed E-state index contributed by atoms with van der Waals surface area (Å²) < 4.78 is 11.8. The van der Waals surface area contributed by atoms with Gasteiger partial charge in [0, 0.05) is 6.42 Å².